The molecule has 0 amide bonds. The van der Waals surface area contributed by atoms with Gasteiger partial charge in [0.1, 0.15) is 0 Å². The second-order valence-electron chi connectivity index (χ2n) is 4.51. The van der Waals surface area contributed by atoms with E-state index in [1.165, 1.54) is 5.52 Å². The molecule has 0 aliphatic heterocycles. The molecule has 96 valence electrons. The van der Waals surface area contributed by atoms with E-state index in [0.29, 0.717) is 6.04 Å². The number of benzene rings is 1. The maximum absolute atomic E-state index is 4.43. The molecule has 0 aliphatic carbocycles. The minimum atomic E-state index is 0.477. The predicted octanol–water partition coefficient (Wildman–Crippen LogP) is 2.98. The van der Waals surface area contributed by atoms with Crippen molar-refractivity contribution in [2.75, 3.05) is 6.54 Å². The molecule has 3 heteroatoms. The zero-order valence-corrected chi connectivity index (χ0v) is 11.0. The maximum atomic E-state index is 4.43. The van der Waals surface area contributed by atoms with Crippen molar-refractivity contribution in [1.29, 1.82) is 0 Å². The monoisotopic (exact) mass is 243 g/mol. The number of aromatic nitrogens is 2. The Bertz CT molecular complexity index is 501. The van der Waals surface area contributed by atoms with Gasteiger partial charge >= 0.3 is 0 Å². The summed E-state index contributed by atoms with van der Waals surface area (Å²) in [6, 6.07) is 8.74. The molecule has 0 fully saturated rings. The molecule has 1 N–H and O–H groups in total. The molecular weight excluding hydrogens is 222 g/mol. The van der Waals surface area contributed by atoms with Crippen LogP contribution in [0.15, 0.2) is 43.2 Å². The van der Waals surface area contributed by atoms with Crippen LogP contribution in [0.5, 0.6) is 0 Å². The molecule has 1 atom stereocenters. The zero-order valence-electron chi connectivity index (χ0n) is 11.0. The second-order valence-corrected chi connectivity index (χ2v) is 4.51. The fourth-order valence-electron chi connectivity index (χ4n) is 2.26. The first-order chi connectivity index (χ1) is 8.85. The van der Waals surface area contributed by atoms with Gasteiger partial charge in [0.2, 0.25) is 0 Å². The standard InChI is InChI=1S/C15H21N3/c1-3-5-8-13(16-4-2)11-18-12-17-14-9-6-7-10-15(14)18/h3,6-7,9-10,12-13,16H,1,4-5,8,11H2,2H3. The Kier molecular flexibility index (Phi) is 4.53. The van der Waals surface area contributed by atoms with E-state index in [0.717, 1.165) is 31.4 Å². The van der Waals surface area contributed by atoms with E-state index in [1.54, 1.807) is 0 Å². The molecule has 2 aromatic rings. The van der Waals surface area contributed by atoms with Crippen molar-refractivity contribution in [3.8, 4) is 0 Å². The second kappa shape index (κ2) is 6.36. The summed E-state index contributed by atoms with van der Waals surface area (Å²) in [5.41, 5.74) is 2.27. The van der Waals surface area contributed by atoms with Crippen LogP contribution < -0.4 is 5.32 Å². The van der Waals surface area contributed by atoms with Crippen LogP contribution >= 0.6 is 0 Å². The number of hydrogen-bond donors (Lipinski definition) is 1. The Morgan fingerprint density at radius 1 is 1.44 bits per heavy atom. The van der Waals surface area contributed by atoms with Gasteiger partial charge in [-0.2, -0.15) is 0 Å². The number of para-hydroxylation sites is 2. The summed E-state index contributed by atoms with van der Waals surface area (Å²) in [4.78, 5) is 4.43. The summed E-state index contributed by atoms with van der Waals surface area (Å²) in [6.45, 7) is 7.89. The molecule has 0 aliphatic rings. The molecular formula is C15H21N3. The average Bonchev–Trinajstić information content (AvgIpc) is 2.80. The van der Waals surface area contributed by atoms with Crippen molar-refractivity contribution in [2.24, 2.45) is 0 Å². The lowest BCUT2D eigenvalue weighted by Gasteiger charge is -2.18. The third-order valence-corrected chi connectivity index (χ3v) is 3.16. The van der Waals surface area contributed by atoms with Crippen molar-refractivity contribution in [3.05, 3.63) is 43.2 Å². The molecule has 3 nitrogen and oxygen atoms in total. The van der Waals surface area contributed by atoms with E-state index in [9.17, 15) is 0 Å². The number of likely N-dealkylation sites (N-methyl/N-ethyl adjacent to an activating group) is 1. The highest BCUT2D eigenvalue weighted by atomic mass is 15.1. The Labute approximate surface area is 109 Å². The van der Waals surface area contributed by atoms with E-state index >= 15 is 0 Å². The lowest BCUT2D eigenvalue weighted by Crippen LogP contribution is -2.32. The molecule has 0 bridgehead atoms. The summed E-state index contributed by atoms with van der Waals surface area (Å²) in [5.74, 6) is 0. The van der Waals surface area contributed by atoms with Gasteiger partial charge in [-0.05, 0) is 31.5 Å². The van der Waals surface area contributed by atoms with E-state index in [-0.39, 0.29) is 0 Å². The molecule has 2 rings (SSSR count). The first-order valence-electron chi connectivity index (χ1n) is 6.59. The van der Waals surface area contributed by atoms with Crippen LogP contribution in [-0.2, 0) is 6.54 Å². The molecule has 0 saturated heterocycles. The minimum Gasteiger partial charge on any atom is -0.329 e. The van der Waals surface area contributed by atoms with Gasteiger partial charge in [0.05, 0.1) is 17.4 Å². The average molecular weight is 243 g/mol. The molecule has 1 aromatic carbocycles. The topological polar surface area (TPSA) is 29.9 Å². The fraction of sp³-hybridized carbons (Fsp3) is 0.400. The number of hydrogen-bond acceptors (Lipinski definition) is 2. The normalized spacial score (nSPS) is 12.7. The molecule has 0 spiro atoms. The van der Waals surface area contributed by atoms with Crippen molar-refractivity contribution in [2.45, 2.75) is 32.4 Å². The summed E-state index contributed by atoms with van der Waals surface area (Å²) >= 11 is 0. The largest absolute Gasteiger partial charge is 0.329 e. The number of nitrogens with zero attached hydrogens (tertiary/aromatic N) is 2. The Morgan fingerprint density at radius 3 is 3.06 bits per heavy atom. The number of imidazole rings is 1. The van der Waals surface area contributed by atoms with Gasteiger partial charge in [-0.25, -0.2) is 4.98 Å². The van der Waals surface area contributed by atoms with Crippen molar-refractivity contribution in [3.63, 3.8) is 0 Å². The summed E-state index contributed by atoms with van der Waals surface area (Å²) in [6.07, 6.45) is 6.08. The maximum Gasteiger partial charge on any atom is 0.0958 e. The number of rotatable bonds is 7. The smallest absolute Gasteiger partial charge is 0.0958 e. The van der Waals surface area contributed by atoms with Crippen LogP contribution in [0.2, 0.25) is 0 Å². The molecule has 1 aromatic heterocycles. The van der Waals surface area contributed by atoms with Gasteiger partial charge in [-0.3, -0.25) is 0 Å². The molecule has 0 radical (unpaired) electrons. The van der Waals surface area contributed by atoms with Crippen LogP contribution in [0.4, 0.5) is 0 Å². The van der Waals surface area contributed by atoms with Gasteiger partial charge < -0.3 is 9.88 Å². The lowest BCUT2D eigenvalue weighted by molar-refractivity contribution is 0.440. The van der Waals surface area contributed by atoms with Crippen LogP contribution in [-0.4, -0.2) is 22.1 Å². The van der Waals surface area contributed by atoms with Crippen LogP contribution in [0.25, 0.3) is 11.0 Å². The molecule has 0 saturated carbocycles. The Morgan fingerprint density at radius 2 is 2.28 bits per heavy atom. The summed E-state index contributed by atoms with van der Waals surface area (Å²) in [5, 5.41) is 3.52. The van der Waals surface area contributed by atoms with Gasteiger partial charge in [-0.15, -0.1) is 6.58 Å². The molecule has 18 heavy (non-hydrogen) atoms. The van der Waals surface area contributed by atoms with E-state index < -0.39 is 0 Å². The zero-order chi connectivity index (χ0) is 12.8. The highest BCUT2D eigenvalue weighted by Gasteiger charge is 2.09. The number of fused-ring (bicyclic) bond motifs is 1. The SMILES string of the molecule is C=CCCC(Cn1cnc2ccccc21)NCC. The first kappa shape index (κ1) is 12.8. The first-order valence-corrected chi connectivity index (χ1v) is 6.59. The van der Waals surface area contributed by atoms with Crippen molar-refractivity contribution in [1.82, 2.24) is 14.9 Å². The lowest BCUT2D eigenvalue weighted by atomic mass is 10.1. The van der Waals surface area contributed by atoms with Gasteiger partial charge in [0, 0.05) is 12.6 Å². The summed E-state index contributed by atoms with van der Waals surface area (Å²) in [7, 11) is 0. The van der Waals surface area contributed by atoms with Crippen LogP contribution in [0.1, 0.15) is 19.8 Å². The van der Waals surface area contributed by atoms with Crippen LogP contribution in [0.3, 0.4) is 0 Å². The van der Waals surface area contributed by atoms with Gasteiger partial charge in [-0.1, -0.05) is 25.1 Å². The number of nitrogens with one attached hydrogen (secondary N) is 1. The van der Waals surface area contributed by atoms with E-state index in [4.69, 9.17) is 0 Å². The minimum absolute atomic E-state index is 0.477. The third kappa shape index (κ3) is 2.99. The summed E-state index contributed by atoms with van der Waals surface area (Å²) < 4.78 is 2.23. The predicted molar refractivity (Wildman–Crippen MR) is 76.6 cm³/mol. The van der Waals surface area contributed by atoms with Crippen LogP contribution in [0, 0.1) is 0 Å². The Balaban J connectivity index is 2.12. The highest BCUT2D eigenvalue weighted by molar-refractivity contribution is 5.74. The fourth-order valence-corrected chi connectivity index (χ4v) is 2.26. The quantitative estimate of drug-likeness (QED) is 0.758. The number of allylic oxidation sites excluding steroid dienone is 1. The van der Waals surface area contributed by atoms with E-state index in [2.05, 4.69) is 46.6 Å². The van der Waals surface area contributed by atoms with E-state index in [1.807, 2.05) is 18.5 Å². The van der Waals surface area contributed by atoms with Crippen molar-refractivity contribution < 1.29 is 0 Å². The third-order valence-electron chi connectivity index (χ3n) is 3.16. The molecule has 1 heterocycles. The van der Waals surface area contributed by atoms with Gasteiger partial charge in [0.25, 0.3) is 0 Å². The van der Waals surface area contributed by atoms with Gasteiger partial charge in [0.15, 0.2) is 0 Å². The van der Waals surface area contributed by atoms with Crippen molar-refractivity contribution >= 4 is 11.0 Å². The molecule has 1 unspecified atom stereocenters. The Hall–Kier alpha value is -1.61. The highest BCUT2D eigenvalue weighted by Crippen LogP contribution is 2.13.